The Labute approximate surface area is 346 Å². The second-order valence-corrected chi connectivity index (χ2v) is 15.9. The van der Waals surface area contributed by atoms with Crippen molar-refractivity contribution in [1.82, 2.24) is 0 Å². The molecule has 0 aliphatic heterocycles. The lowest BCUT2D eigenvalue weighted by Gasteiger charge is -2.22. The number of allylic oxidation sites excluding steroid dienone is 1. The monoisotopic (exact) mass is 754 g/mol. The van der Waals surface area contributed by atoms with Gasteiger partial charge < -0.3 is 5.41 Å². The number of benzene rings is 9. The lowest BCUT2D eigenvalue weighted by Crippen LogP contribution is -2.15. The molecule has 0 unspecified atom stereocenters. The summed E-state index contributed by atoms with van der Waals surface area (Å²) in [4.78, 5) is 5.09. The van der Waals surface area contributed by atoms with Gasteiger partial charge in [0.2, 0.25) is 0 Å². The molecule has 0 bridgehead atoms. The van der Waals surface area contributed by atoms with Crippen LogP contribution in [0.4, 0.5) is 0 Å². The molecule has 0 atom stereocenters. The lowest BCUT2D eigenvalue weighted by atomic mass is 9.81. The van der Waals surface area contributed by atoms with Crippen molar-refractivity contribution in [2.75, 3.05) is 0 Å². The number of rotatable bonds is 8. The minimum Gasteiger partial charge on any atom is -0.300 e. The van der Waals surface area contributed by atoms with Gasteiger partial charge in [-0.2, -0.15) is 0 Å². The van der Waals surface area contributed by atoms with Crippen LogP contribution < -0.4 is 0 Å². The Morgan fingerprint density at radius 2 is 1.03 bits per heavy atom. The van der Waals surface area contributed by atoms with Crippen LogP contribution >= 0.6 is 0 Å². The standard InChI is InChI=1S/C57H42N2/c1-57(2)52-34-31-41-15-9-10-19-49(41)56(52)51-33-29-45(35-53(51)57)40-21-25-42(26-22-40)48-32-30-46(47-18-11-12-20-50(47)48)37-59-55(36-54(58)43-16-7-4-8-17-43)44-27-23-39(24-28-44)38-13-5-3-6-14-38/h3-37,58H,1-2H3/b55-36-,58-54?,59-37?. The Balaban J connectivity index is 0.968. The molecule has 0 amide bonds. The average Bonchev–Trinajstić information content (AvgIpc) is 3.53. The van der Waals surface area contributed by atoms with E-state index in [1.165, 1.54) is 66.2 Å². The van der Waals surface area contributed by atoms with Gasteiger partial charge in [0.15, 0.2) is 0 Å². The Morgan fingerprint density at radius 1 is 0.458 bits per heavy atom. The second-order valence-electron chi connectivity index (χ2n) is 15.9. The Hall–Kier alpha value is -7.42. The first kappa shape index (κ1) is 36.0. The van der Waals surface area contributed by atoms with Crippen LogP contribution in [0.2, 0.25) is 0 Å². The molecule has 1 aliphatic carbocycles. The third-order valence-electron chi connectivity index (χ3n) is 12.0. The zero-order valence-corrected chi connectivity index (χ0v) is 33.2. The molecule has 280 valence electrons. The van der Waals surface area contributed by atoms with Gasteiger partial charge in [0.25, 0.3) is 0 Å². The van der Waals surface area contributed by atoms with E-state index in [1.54, 1.807) is 0 Å². The van der Waals surface area contributed by atoms with Gasteiger partial charge in [-0.25, -0.2) is 0 Å². The molecular weight excluding hydrogens is 713 g/mol. The van der Waals surface area contributed by atoms with Gasteiger partial charge in [0.1, 0.15) is 0 Å². The molecular formula is C57H42N2. The maximum absolute atomic E-state index is 8.95. The zero-order chi connectivity index (χ0) is 39.9. The highest BCUT2D eigenvalue weighted by atomic mass is 14.7. The minimum absolute atomic E-state index is 0.0815. The van der Waals surface area contributed by atoms with Crippen LogP contribution in [-0.2, 0) is 5.41 Å². The number of nitrogens with one attached hydrogen (secondary N) is 1. The van der Waals surface area contributed by atoms with Crippen LogP contribution in [0.25, 0.3) is 71.7 Å². The van der Waals surface area contributed by atoms with Crippen molar-refractivity contribution >= 4 is 39.2 Å². The molecule has 0 saturated heterocycles. The largest absolute Gasteiger partial charge is 0.300 e. The summed E-state index contributed by atoms with van der Waals surface area (Å²) < 4.78 is 0. The van der Waals surface area contributed by atoms with Crippen LogP contribution in [0.15, 0.2) is 211 Å². The highest BCUT2D eigenvalue weighted by molar-refractivity contribution is 6.12. The van der Waals surface area contributed by atoms with Gasteiger partial charge >= 0.3 is 0 Å². The van der Waals surface area contributed by atoms with Crippen molar-refractivity contribution in [3.05, 3.63) is 234 Å². The summed E-state index contributed by atoms with van der Waals surface area (Å²) in [5.74, 6) is 0. The quantitative estimate of drug-likeness (QED) is 0.150. The molecule has 9 aromatic rings. The number of fused-ring (bicyclic) bond motifs is 6. The summed E-state index contributed by atoms with van der Waals surface area (Å²) in [6, 6.07) is 71.0. The number of hydrogen-bond donors (Lipinski definition) is 1. The van der Waals surface area contributed by atoms with Crippen molar-refractivity contribution in [3.8, 4) is 44.5 Å². The van der Waals surface area contributed by atoms with E-state index in [1.807, 2.05) is 48.7 Å². The summed E-state index contributed by atoms with van der Waals surface area (Å²) in [5, 5.41) is 13.9. The molecule has 0 aromatic heterocycles. The van der Waals surface area contributed by atoms with Crippen LogP contribution in [0, 0.1) is 5.41 Å². The fourth-order valence-electron chi connectivity index (χ4n) is 8.85. The van der Waals surface area contributed by atoms with E-state index in [4.69, 9.17) is 10.4 Å². The highest BCUT2D eigenvalue weighted by Gasteiger charge is 2.36. The summed E-state index contributed by atoms with van der Waals surface area (Å²) in [5.41, 5.74) is 16.5. The first-order chi connectivity index (χ1) is 28.9. The molecule has 0 radical (unpaired) electrons. The SMILES string of the molecule is CC1(C)c2cc(-c3ccc(-c4ccc(C=N/C(=C\C(=N)c5ccccc5)c5ccc(-c6ccccc6)cc5)c5ccccc45)cc3)ccc2-c2c1ccc1ccccc21. The van der Waals surface area contributed by atoms with Crippen LogP contribution in [0.3, 0.4) is 0 Å². The van der Waals surface area contributed by atoms with E-state index in [0.29, 0.717) is 5.71 Å². The molecule has 10 rings (SSSR count). The molecule has 1 N–H and O–H groups in total. The van der Waals surface area contributed by atoms with Gasteiger partial charge in [-0.3, -0.25) is 4.99 Å². The fourth-order valence-corrected chi connectivity index (χ4v) is 8.85. The zero-order valence-electron chi connectivity index (χ0n) is 33.2. The fraction of sp³-hybridized carbons (Fsp3) is 0.0526. The average molecular weight is 755 g/mol. The Morgan fingerprint density at radius 3 is 1.80 bits per heavy atom. The van der Waals surface area contributed by atoms with Gasteiger partial charge in [-0.05, 0) is 94.9 Å². The molecule has 9 aromatic carbocycles. The Bertz CT molecular complexity index is 3100. The van der Waals surface area contributed by atoms with Crippen molar-refractivity contribution in [1.29, 1.82) is 5.41 Å². The summed E-state index contributed by atoms with van der Waals surface area (Å²) >= 11 is 0. The smallest absolute Gasteiger partial charge is 0.0723 e. The van der Waals surface area contributed by atoms with Gasteiger partial charge in [0.05, 0.1) is 11.4 Å². The van der Waals surface area contributed by atoms with E-state index in [9.17, 15) is 0 Å². The van der Waals surface area contributed by atoms with Crippen molar-refractivity contribution in [2.24, 2.45) is 4.99 Å². The maximum atomic E-state index is 8.95. The summed E-state index contributed by atoms with van der Waals surface area (Å²) in [7, 11) is 0. The molecule has 0 spiro atoms. The van der Waals surface area contributed by atoms with Gasteiger partial charge in [-0.15, -0.1) is 0 Å². The third kappa shape index (κ3) is 6.59. The molecule has 2 nitrogen and oxygen atoms in total. The van der Waals surface area contributed by atoms with Gasteiger partial charge in [-0.1, -0.05) is 208 Å². The normalized spacial score (nSPS) is 13.2. The third-order valence-corrected chi connectivity index (χ3v) is 12.0. The maximum Gasteiger partial charge on any atom is 0.0723 e. The summed E-state index contributed by atoms with van der Waals surface area (Å²) in [6.45, 7) is 4.71. The second kappa shape index (κ2) is 14.8. The highest BCUT2D eigenvalue weighted by Crippen LogP contribution is 2.52. The molecule has 0 fully saturated rings. The van der Waals surface area contributed by atoms with Gasteiger partial charge in [0, 0.05) is 22.8 Å². The lowest BCUT2D eigenvalue weighted by molar-refractivity contribution is 0.661. The van der Waals surface area contributed by atoms with Crippen molar-refractivity contribution in [3.63, 3.8) is 0 Å². The van der Waals surface area contributed by atoms with Crippen LogP contribution in [0.1, 0.15) is 41.7 Å². The Kier molecular flexibility index (Phi) is 9.03. The van der Waals surface area contributed by atoms with Crippen LogP contribution in [-0.4, -0.2) is 11.9 Å². The van der Waals surface area contributed by atoms with Crippen molar-refractivity contribution < 1.29 is 0 Å². The first-order valence-corrected chi connectivity index (χ1v) is 20.3. The summed E-state index contributed by atoms with van der Waals surface area (Å²) in [6.07, 6.45) is 3.81. The topological polar surface area (TPSA) is 36.2 Å². The van der Waals surface area contributed by atoms with E-state index < -0.39 is 0 Å². The first-order valence-electron chi connectivity index (χ1n) is 20.3. The molecule has 59 heavy (non-hydrogen) atoms. The molecule has 0 heterocycles. The number of nitrogens with zero attached hydrogens (tertiary/aromatic N) is 1. The van der Waals surface area contributed by atoms with E-state index in [2.05, 4.69) is 178 Å². The van der Waals surface area contributed by atoms with Crippen molar-refractivity contribution in [2.45, 2.75) is 19.3 Å². The van der Waals surface area contributed by atoms with Crippen LogP contribution in [0.5, 0.6) is 0 Å². The predicted molar refractivity (Wildman–Crippen MR) is 251 cm³/mol. The number of hydrogen-bond acceptors (Lipinski definition) is 2. The predicted octanol–water partition coefficient (Wildman–Crippen LogP) is 14.8. The number of aliphatic imine (C=N–C) groups is 1. The van der Waals surface area contributed by atoms with E-state index in [-0.39, 0.29) is 5.41 Å². The van der Waals surface area contributed by atoms with E-state index in [0.717, 1.165) is 33.3 Å². The minimum atomic E-state index is -0.0815. The molecule has 1 aliphatic rings. The van der Waals surface area contributed by atoms with E-state index >= 15 is 0 Å². The molecule has 2 heteroatoms. The molecule has 0 saturated carbocycles.